The summed E-state index contributed by atoms with van der Waals surface area (Å²) in [5, 5.41) is 0. The molecule has 0 bridgehead atoms. The largest absolute Gasteiger partial charge is 0.381 e. The van der Waals surface area contributed by atoms with Crippen molar-refractivity contribution in [2.45, 2.75) is 44.2 Å². The van der Waals surface area contributed by atoms with Gasteiger partial charge in [0.15, 0.2) is 0 Å². The van der Waals surface area contributed by atoms with Crippen molar-refractivity contribution in [1.82, 2.24) is 19.6 Å². The lowest BCUT2D eigenvalue weighted by Crippen LogP contribution is -2.51. The monoisotopic (exact) mass is 392 g/mol. The van der Waals surface area contributed by atoms with Crippen molar-refractivity contribution in [3.63, 3.8) is 0 Å². The van der Waals surface area contributed by atoms with Crippen LogP contribution >= 0.6 is 0 Å². The summed E-state index contributed by atoms with van der Waals surface area (Å²) in [6, 6.07) is 0.934. The van der Waals surface area contributed by atoms with Crippen LogP contribution in [0.1, 0.15) is 32.1 Å². The van der Waals surface area contributed by atoms with Gasteiger partial charge in [-0.3, -0.25) is 9.69 Å². The van der Waals surface area contributed by atoms with Crippen LogP contribution in [0.4, 0.5) is 4.79 Å². The van der Waals surface area contributed by atoms with E-state index in [9.17, 15) is 9.59 Å². The van der Waals surface area contributed by atoms with Crippen LogP contribution in [0.25, 0.3) is 0 Å². The minimum atomic E-state index is 0.0930. The number of likely N-dealkylation sites (tertiary alicyclic amines) is 1. The minimum absolute atomic E-state index is 0.0930. The van der Waals surface area contributed by atoms with E-state index < -0.39 is 0 Å². The van der Waals surface area contributed by atoms with Gasteiger partial charge in [-0.15, -0.1) is 0 Å². The molecular weight excluding hydrogens is 356 g/mol. The van der Waals surface area contributed by atoms with Crippen molar-refractivity contribution in [1.29, 1.82) is 0 Å². The van der Waals surface area contributed by atoms with E-state index in [1.54, 1.807) is 4.90 Å². The molecule has 2 heterocycles. The van der Waals surface area contributed by atoms with Crippen LogP contribution in [0.2, 0.25) is 0 Å². The maximum absolute atomic E-state index is 12.7. The zero-order chi connectivity index (χ0) is 20.1. The van der Waals surface area contributed by atoms with Crippen LogP contribution in [0.5, 0.6) is 0 Å². The summed E-state index contributed by atoms with van der Waals surface area (Å²) >= 11 is 0. The molecule has 0 radical (unpaired) electrons. The standard InChI is InChI=1S/C21H36N4O3/c1-22(2)21(27)24-11-8-19(16-24)25(18-9-14-28-15-10-18)13-12-23(3)20(26)17-6-4-5-7-17/h4-5,17-19H,6-16H2,1-3H3. The molecule has 3 aliphatic rings. The first-order valence-electron chi connectivity index (χ1n) is 10.7. The van der Waals surface area contributed by atoms with Gasteiger partial charge in [0.05, 0.1) is 0 Å². The molecule has 7 nitrogen and oxygen atoms in total. The lowest BCUT2D eigenvalue weighted by atomic mass is 10.0. The Bertz CT molecular complexity index is 566. The third kappa shape index (κ3) is 5.06. The van der Waals surface area contributed by atoms with E-state index in [4.69, 9.17) is 4.74 Å². The van der Waals surface area contributed by atoms with Gasteiger partial charge in [-0.05, 0) is 32.1 Å². The maximum atomic E-state index is 12.7. The number of rotatable bonds is 6. The molecule has 0 spiro atoms. The van der Waals surface area contributed by atoms with Crippen molar-refractivity contribution < 1.29 is 14.3 Å². The first kappa shape index (κ1) is 21.1. The van der Waals surface area contributed by atoms with E-state index in [-0.39, 0.29) is 17.9 Å². The average molecular weight is 393 g/mol. The van der Waals surface area contributed by atoms with Gasteiger partial charge in [-0.1, -0.05) is 12.2 Å². The minimum Gasteiger partial charge on any atom is -0.381 e. The summed E-state index contributed by atoms with van der Waals surface area (Å²) < 4.78 is 5.57. The van der Waals surface area contributed by atoms with Crippen LogP contribution < -0.4 is 0 Å². The van der Waals surface area contributed by atoms with E-state index in [0.717, 1.165) is 71.5 Å². The molecule has 0 saturated carbocycles. The summed E-state index contributed by atoms with van der Waals surface area (Å²) in [7, 11) is 5.55. The van der Waals surface area contributed by atoms with Gasteiger partial charge in [0.2, 0.25) is 5.91 Å². The highest BCUT2D eigenvalue weighted by molar-refractivity contribution is 5.79. The van der Waals surface area contributed by atoms with Crippen LogP contribution in [-0.4, -0.2) is 104 Å². The lowest BCUT2D eigenvalue weighted by molar-refractivity contribution is -0.134. The molecule has 1 unspecified atom stereocenters. The smallest absolute Gasteiger partial charge is 0.319 e. The Morgan fingerprint density at radius 1 is 1.00 bits per heavy atom. The van der Waals surface area contributed by atoms with Gasteiger partial charge in [0.1, 0.15) is 0 Å². The van der Waals surface area contributed by atoms with E-state index in [1.807, 2.05) is 30.9 Å². The summed E-state index contributed by atoms with van der Waals surface area (Å²) in [4.78, 5) is 33.1. The number of likely N-dealkylation sites (N-methyl/N-ethyl adjacent to an activating group) is 1. The second kappa shape index (κ2) is 9.74. The fraction of sp³-hybridized carbons (Fsp3) is 0.810. The molecule has 2 saturated heterocycles. The number of hydrogen-bond donors (Lipinski definition) is 0. The van der Waals surface area contributed by atoms with Crippen LogP contribution in [-0.2, 0) is 9.53 Å². The molecule has 0 aromatic rings. The second-order valence-corrected chi connectivity index (χ2v) is 8.55. The van der Waals surface area contributed by atoms with Gasteiger partial charge in [-0.25, -0.2) is 4.79 Å². The Kier molecular flexibility index (Phi) is 7.35. The second-order valence-electron chi connectivity index (χ2n) is 8.55. The zero-order valence-corrected chi connectivity index (χ0v) is 17.7. The third-order valence-electron chi connectivity index (χ3n) is 6.37. The number of allylic oxidation sites excluding steroid dienone is 2. The molecule has 2 aliphatic heterocycles. The molecular formula is C21H36N4O3. The molecule has 0 N–H and O–H groups in total. The number of carbonyl (C=O) groups excluding carboxylic acids is 2. The summed E-state index contributed by atoms with van der Waals surface area (Å²) in [5.41, 5.74) is 0. The highest BCUT2D eigenvalue weighted by Crippen LogP contribution is 2.24. The highest BCUT2D eigenvalue weighted by Gasteiger charge is 2.35. The Hall–Kier alpha value is -1.60. The van der Waals surface area contributed by atoms with Crippen molar-refractivity contribution in [3.05, 3.63) is 12.2 Å². The molecule has 1 aliphatic carbocycles. The molecule has 0 aromatic carbocycles. The normalized spacial score (nSPS) is 23.6. The van der Waals surface area contributed by atoms with E-state index in [2.05, 4.69) is 17.1 Å². The first-order valence-corrected chi connectivity index (χ1v) is 10.7. The van der Waals surface area contributed by atoms with Gasteiger partial charge in [-0.2, -0.15) is 0 Å². The topological polar surface area (TPSA) is 56.3 Å². The molecule has 3 amide bonds. The van der Waals surface area contributed by atoms with Gasteiger partial charge in [0, 0.05) is 78.5 Å². The van der Waals surface area contributed by atoms with Crippen molar-refractivity contribution >= 4 is 11.9 Å². The summed E-state index contributed by atoms with van der Waals surface area (Å²) in [6.07, 6.45) is 9.03. The number of carbonyl (C=O) groups is 2. The predicted molar refractivity (Wildman–Crippen MR) is 109 cm³/mol. The van der Waals surface area contributed by atoms with Gasteiger partial charge >= 0.3 is 6.03 Å². The van der Waals surface area contributed by atoms with Crippen molar-refractivity contribution in [2.24, 2.45) is 5.92 Å². The number of amides is 3. The highest BCUT2D eigenvalue weighted by atomic mass is 16.5. The van der Waals surface area contributed by atoms with Gasteiger partial charge in [0.25, 0.3) is 0 Å². The Morgan fingerprint density at radius 3 is 2.32 bits per heavy atom. The molecule has 158 valence electrons. The third-order valence-corrected chi connectivity index (χ3v) is 6.37. The van der Waals surface area contributed by atoms with E-state index >= 15 is 0 Å². The predicted octanol–water partition coefficient (Wildman–Crippen LogP) is 1.65. The first-order chi connectivity index (χ1) is 13.5. The molecule has 3 rings (SSSR count). The quantitative estimate of drug-likeness (QED) is 0.645. The van der Waals surface area contributed by atoms with E-state index in [1.165, 1.54) is 0 Å². The summed E-state index contributed by atoms with van der Waals surface area (Å²) in [5.74, 6) is 0.383. The fourth-order valence-corrected chi connectivity index (χ4v) is 4.66. The average Bonchev–Trinajstić information content (AvgIpc) is 3.40. The van der Waals surface area contributed by atoms with Crippen LogP contribution in [0.15, 0.2) is 12.2 Å². The molecule has 2 fully saturated rings. The summed E-state index contributed by atoms with van der Waals surface area (Å²) in [6.45, 7) is 4.79. The number of urea groups is 1. The molecule has 1 atom stereocenters. The molecule has 28 heavy (non-hydrogen) atoms. The maximum Gasteiger partial charge on any atom is 0.319 e. The SMILES string of the molecule is CN(C)C(=O)N1CCC(N(CCN(C)C(=O)C2CC=CC2)C2CCOCC2)C1. The Balaban J connectivity index is 1.59. The van der Waals surface area contributed by atoms with Crippen LogP contribution in [0.3, 0.4) is 0 Å². The fourth-order valence-electron chi connectivity index (χ4n) is 4.66. The van der Waals surface area contributed by atoms with Crippen LogP contribution in [0, 0.1) is 5.92 Å². The number of hydrogen-bond acceptors (Lipinski definition) is 4. The lowest BCUT2D eigenvalue weighted by Gasteiger charge is -2.39. The van der Waals surface area contributed by atoms with Crippen molar-refractivity contribution in [2.75, 3.05) is 60.5 Å². The van der Waals surface area contributed by atoms with Crippen molar-refractivity contribution in [3.8, 4) is 0 Å². The Morgan fingerprint density at radius 2 is 1.68 bits per heavy atom. The number of nitrogens with zero attached hydrogens (tertiary/aromatic N) is 4. The number of ether oxygens (including phenoxy) is 1. The molecule has 0 aromatic heterocycles. The zero-order valence-electron chi connectivity index (χ0n) is 17.7. The van der Waals surface area contributed by atoms with Gasteiger partial charge < -0.3 is 19.4 Å². The molecule has 7 heteroatoms. The van der Waals surface area contributed by atoms with E-state index in [0.29, 0.717) is 12.1 Å². The Labute approximate surface area is 169 Å².